The van der Waals surface area contributed by atoms with Crippen LogP contribution in [0.2, 0.25) is 0 Å². The number of hydrogen-bond acceptors (Lipinski definition) is 3. The second-order valence-electron chi connectivity index (χ2n) is 5.29. The molecule has 0 spiro atoms. The molecule has 0 bridgehead atoms. The Morgan fingerprint density at radius 1 is 1.50 bits per heavy atom. The van der Waals surface area contributed by atoms with Gasteiger partial charge < -0.3 is 10.6 Å². The van der Waals surface area contributed by atoms with Crippen LogP contribution in [0.15, 0.2) is 16.6 Å². The highest BCUT2D eigenvalue weighted by molar-refractivity contribution is 9.10. The predicted octanol–water partition coefficient (Wildman–Crippen LogP) is 3.25. The number of aromatic nitrogens is 1. The van der Waals surface area contributed by atoms with E-state index in [0.29, 0.717) is 6.04 Å². The lowest BCUT2D eigenvalue weighted by Gasteiger charge is -2.37. The average molecular weight is 312 g/mol. The van der Waals surface area contributed by atoms with Gasteiger partial charge in [0.2, 0.25) is 0 Å². The van der Waals surface area contributed by atoms with Gasteiger partial charge in [0.25, 0.3) is 0 Å². The standard InChI is InChI=1S/C14H22BrN3/c1-10(16)9-12-5-3-4-8-18(12)14-7-6-13(15)11(2)17-14/h6-7,10,12H,3-5,8-9,16H2,1-2H3. The summed E-state index contributed by atoms with van der Waals surface area (Å²) in [5.74, 6) is 1.10. The number of halogens is 1. The maximum atomic E-state index is 5.96. The molecule has 1 fully saturated rings. The quantitative estimate of drug-likeness (QED) is 0.931. The van der Waals surface area contributed by atoms with Crippen molar-refractivity contribution in [2.24, 2.45) is 5.73 Å². The van der Waals surface area contributed by atoms with Crippen molar-refractivity contribution >= 4 is 21.7 Å². The zero-order valence-electron chi connectivity index (χ0n) is 11.2. The van der Waals surface area contributed by atoms with E-state index in [1.165, 1.54) is 19.3 Å². The highest BCUT2D eigenvalue weighted by Gasteiger charge is 2.24. The fraction of sp³-hybridized carbons (Fsp3) is 0.643. The van der Waals surface area contributed by atoms with Crippen LogP contribution in [0, 0.1) is 6.92 Å². The number of anilines is 1. The first kappa shape index (κ1) is 13.8. The molecule has 0 amide bonds. The molecule has 4 heteroatoms. The molecule has 3 nitrogen and oxygen atoms in total. The number of hydrogen-bond donors (Lipinski definition) is 1. The topological polar surface area (TPSA) is 42.2 Å². The minimum atomic E-state index is 0.257. The molecule has 2 atom stereocenters. The number of rotatable bonds is 3. The second-order valence-corrected chi connectivity index (χ2v) is 6.15. The van der Waals surface area contributed by atoms with E-state index < -0.39 is 0 Å². The Balaban J connectivity index is 2.19. The van der Waals surface area contributed by atoms with Crippen LogP contribution in [-0.2, 0) is 0 Å². The van der Waals surface area contributed by atoms with Crippen LogP contribution >= 0.6 is 15.9 Å². The van der Waals surface area contributed by atoms with Gasteiger partial charge in [-0.3, -0.25) is 0 Å². The fourth-order valence-electron chi connectivity index (χ4n) is 2.67. The molecule has 1 saturated heterocycles. The molecule has 1 aliphatic heterocycles. The minimum Gasteiger partial charge on any atom is -0.354 e. The summed E-state index contributed by atoms with van der Waals surface area (Å²) in [6.07, 6.45) is 4.85. The van der Waals surface area contributed by atoms with Gasteiger partial charge in [0.1, 0.15) is 5.82 Å². The number of piperidine rings is 1. The first-order valence-electron chi connectivity index (χ1n) is 6.73. The summed E-state index contributed by atoms with van der Waals surface area (Å²) >= 11 is 3.51. The third-order valence-corrected chi connectivity index (χ3v) is 4.41. The summed E-state index contributed by atoms with van der Waals surface area (Å²) in [5, 5.41) is 0. The van der Waals surface area contributed by atoms with Crippen molar-refractivity contribution in [2.45, 2.75) is 51.6 Å². The van der Waals surface area contributed by atoms with E-state index >= 15 is 0 Å². The van der Waals surface area contributed by atoms with Gasteiger partial charge in [-0.1, -0.05) is 0 Å². The Bertz CT molecular complexity index is 406. The highest BCUT2D eigenvalue weighted by atomic mass is 79.9. The molecule has 0 aromatic carbocycles. The Morgan fingerprint density at radius 2 is 2.28 bits per heavy atom. The van der Waals surface area contributed by atoms with Crippen molar-refractivity contribution in [1.82, 2.24) is 4.98 Å². The summed E-state index contributed by atoms with van der Waals surface area (Å²) in [6, 6.07) is 5.00. The van der Waals surface area contributed by atoms with Crippen molar-refractivity contribution in [2.75, 3.05) is 11.4 Å². The molecular formula is C14H22BrN3. The summed E-state index contributed by atoms with van der Waals surface area (Å²) in [6.45, 7) is 5.23. The molecular weight excluding hydrogens is 290 g/mol. The van der Waals surface area contributed by atoms with Crippen molar-refractivity contribution in [3.8, 4) is 0 Å². The van der Waals surface area contributed by atoms with Crippen LogP contribution in [0.25, 0.3) is 0 Å². The van der Waals surface area contributed by atoms with Gasteiger partial charge in [0, 0.05) is 23.1 Å². The number of nitrogens with zero attached hydrogens (tertiary/aromatic N) is 2. The summed E-state index contributed by atoms with van der Waals surface area (Å²) < 4.78 is 1.08. The zero-order valence-corrected chi connectivity index (χ0v) is 12.8. The molecule has 2 N–H and O–H groups in total. The zero-order chi connectivity index (χ0) is 13.1. The molecule has 1 aromatic rings. The van der Waals surface area contributed by atoms with E-state index in [4.69, 9.17) is 10.7 Å². The first-order chi connectivity index (χ1) is 8.58. The van der Waals surface area contributed by atoms with Crippen molar-refractivity contribution < 1.29 is 0 Å². The van der Waals surface area contributed by atoms with Crippen LogP contribution in [0.4, 0.5) is 5.82 Å². The first-order valence-corrected chi connectivity index (χ1v) is 7.52. The smallest absolute Gasteiger partial charge is 0.129 e. The van der Waals surface area contributed by atoms with E-state index in [2.05, 4.69) is 39.9 Å². The third-order valence-electron chi connectivity index (χ3n) is 3.57. The molecule has 0 radical (unpaired) electrons. The van der Waals surface area contributed by atoms with E-state index in [-0.39, 0.29) is 6.04 Å². The minimum absolute atomic E-state index is 0.257. The van der Waals surface area contributed by atoms with Crippen LogP contribution < -0.4 is 10.6 Å². The lowest BCUT2D eigenvalue weighted by atomic mass is 9.96. The summed E-state index contributed by atoms with van der Waals surface area (Å²) in [4.78, 5) is 7.13. The molecule has 0 aliphatic carbocycles. The molecule has 2 rings (SSSR count). The molecule has 100 valence electrons. The molecule has 1 aliphatic rings. The van der Waals surface area contributed by atoms with Gasteiger partial charge in [-0.25, -0.2) is 4.98 Å². The lowest BCUT2D eigenvalue weighted by molar-refractivity contribution is 0.414. The van der Waals surface area contributed by atoms with Crippen molar-refractivity contribution in [1.29, 1.82) is 0 Å². The fourth-order valence-corrected chi connectivity index (χ4v) is 2.89. The number of aryl methyl sites for hydroxylation is 1. The van der Waals surface area contributed by atoms with Crippen LogP contribution in [0.3, 0.4) is 0 Å². The van der Waals surface area contributed by atoms with E-state index in [9.17, 15) is 0 Å². The van der Waals surface area contributed by atoms with E-state index in [0.717, 1.165) is 29.0 Å². The summed E-state index contributed by atoms with van der Waals surface area (Å²) in [7, 11) is 0. The van der Waals surface area contributed by atoms with Crippen molar-refractivity contribution in [3.63, 3.8) is 0 Å². The van der Waals surface area contributed by atoms with Crippen LogP contribution in [-0.4, -0.2) is 23.6 Å². The maximum Gasteiger partial charge on any atom is 0.129 e. The van der Waals surface area contributed by atoms with Gasteiger partial charge in [0.05, 0.1) is 5.69 Å². The van der Waals surface area contributed by atoms with Crippen LogP contribution in [0.5, 0.6) is 0 Å². The third kappa shape index (κ3) is 3.23. The Morgan fingerprint density at radius 3 is 2.94 bits per heavy atom. The van der Waals surface area contributed by atoms with E-state index in [1.54, 1.807) is 0 Å². The second kappa shape index (κ2) is 6.02. The Kier molecular flexibility index (Phi) is 4.62. The predicted molar refractivity (Wildman–Crippen MR) is 79.9 cm³/mol. The van der Waals surface area contributed by atoms with Gasteiger partial charge in [-0.15, -0.1) is 0 Å². The SMILES string of the molecule is Cc1nc(N2CCCCC2CC(C)N)ccc1Br. The van der Waals surface area contributed by atoms with Gasteiger partial charge in [0.15, 0.2) is 0 Å². The number of nitrogens with two attached hydrogens (primary N) is 1. The van der Waals surface area contributed by atoms with Gasteiger partial charge >= 0.3 is 0 Å². The molecule has 0 saturated carbocycles. The van der Waals surface area contributed by atoms with Gasteiger partial charge in [-0.2, -0.15) is 0 Å². The molecule has 18 heavy (non-hydrogen) atoms. The summed E-state index contributed by atoms with van der Waals surface area (Å²) in [5.41, 5.74) is 7.02. The largest absolute Gasteiger partial charge is 0.354 e. The molecule has 2 heterocycles. The molecule has 1 aromatic heterocycles. The van der Waals surface area contributed by atoms with E-state index in [1.807, 2.05) is 6.92 Å². The Hall–Kier alpha value is -0.610. The lowest BCUT2D eigenvalue weighted by Crippen LogP contribution is -2.43. The molecule has 2 unspecified atom stereocenters. The number of pyridine rings is 1. The average Bonchev–Trinajstić information content (AvgIpc) is 2.33. The monoisotopic (exact) mass is 311 g/mol. The maximum absolute atomic E-state index is 5.96. The van der Waals surface area contributed by atoms with Crippen molar-refractivity contribution in [3.05, 3.63) is 22.3 Å². The Labute approximate surface area is 118 Å². The normalized spacial score (nSPS) is 22.0. The van der Waals surface area contributed by atoms with Gasteiger partial charge in [-0.05, 0) is 67.6 Å². The van der Waals surface area contributed by atoms with Crippen LogP contribution in [0.1, 0.15) is 38.3 Å². The highest BCUT2D eigenvalue weighted by Crippen LogP contribution is 2.27.